The van der Waals surface area contributed by atoms with Gasteiger partial charge in [-0.25, -0.2) is 4.68 Å². The molecule has 1 fully saturated rings. The van der Waals surface area contributed by atoms with Crippen LogP contribution in [0.25, 0.3) is 0 Å². The van der Waals surface area contributed by atoms with Gasteiger partial charge in [-0.1, -0.05) is 38.5 Å². The Kier molecular flexibility index (Phi) is 5.01. The molecule has 0 unspecified atom stereocenters. The number of thioether (sulfide) groups is 1. The lowest BCUT2D eigenvalue weighted by atomic mass is 9.78. The second-order valence-corrected chi connectivity index (χ2v) is 7.04. The van der Waals surface area contributed by atoms with E-state index in [1.807, 2.05) is 6.92 Å². The molecular weight excluding hydrogens is 274 g/mol. The van der Waals surface area contributed by atoms with Gasteiger partial charge >= 0.3 is 0 Å². The van der Waals surface area contributed by atoms with Crippen LogP contribution in [0.2, 0.25) is 0 Å². The molecule has 0 radical (unpaired) electrons. The van der Waals surface area contributed by atoms with E-state index < -0.39 is 0 Å². The summed E-state index contributed by atoms with van der Waals surface area (Å²) < 4.78 is 1.58. The summed E-state index contributed by atoms with van der Waals surface area (Å²) in [5.41, 5.74) is 0. The molecule has 1 saturated carbocycles. The molecule has 1 heterocycles. The number of aromatic nitrogens is 4. The van der Waals surface area contributed by atoms with Gasteiger partial charge in [0.1, 0.15) is 0 Å². The molecule has 0 spiro atoms. The van der Waals surface area contributed by atoms with Gasteiger partial charge in [0.05, 0.1) is 5.25 Å². The molecule has 4 atom stereocenters. The van der Waals surface area contributed by atoms with E-state index in [9.17, 15) is 4.79 Å². The third-order valence-corrected chi connectivity index (χ3v) is 5.39. The first-order valence-electron chi connectivity index (χ1n) is 7.18. The van der Waals surface area contributed by atoms with E-state index in [2.05, 4.69) is 34.7 Å². The summed E-state index contributed by atoms with van der Waals surface area (Å²) in [5.74, 6) is 1.30. The number of nitrogens with zero attached hydrogens (tertiary/aromatic N) is 4. The van der Waals surface area contributed by atoms with Crippen LogP contribution in [0.1, 0.15) is 40.0 Å². The third-order valence-electron chi connectivity index (χ3n) is 4.27. The molecule has 0 bridgehead atoms. The highest BCUT2D eigenvalue weighted by Gasteiger charge is 2.29. The van der Waals surface area contributed by atoms with Crippen molar-refractivity contribution in [3.05, 3.63) is 0 Å². The van der Waals surface area contributed by atoms with Gasteiger partial charge in [-0.2, -0.15) is 0 Å². The van der Waals surface area contributed by atoms with E-state index in [-0.39, 0.29) is 11.2 Å². The minimum atomic E-state index is -0.191. The van der Waals surface area contributed by atoms with Gasteiger partial charge in [0, 0.05) is 13.1 Å². The van der Waals surface area contributed by atoms with Gasteiger partial charge in [-0.3, -0.25) is 4.79 Å². The Hall–Kier alpha value is -1.11. The number of rotatable bonds is 4. The van der Waals surface area contributed by atoms with Crippen LogP contribution < -0.4 is 5.32 Å². The molecule has 1 aliphatic rings. The average Bonchev–Trinajstić information content (AvgIpc) is 2.80. The van der Waals surface area contributed by atoms with Crippen LogP contribution in [0.5, 0.6) is 0 Å². The number of nitrogens with one attached hydrogen (secondary N) is 1. The lowest BCUT2D eigenvalue weighted by Crippen LogP contribution is -2.46. The molecule has 0 aliphatic heterocycles. The number of hydrogen-bond acceptors (Lipinski definition) is 5. The first-order chi connectivity index (χ1) is 9.49. The molecule has 2 rings (SSSR count). The quantitative estimate of drug-likeness (QED) is 0.855. The average molecular weight is 297 g/mol. The van der Waals surface area contributed by atoms with Gasteiger partial charge in [0.25, 0.3) is 0 Å². The lowest BCUT2D eigenvalue weighted by molar-refractivity contribution is -0.121. The zero-order valence-electron chi connectivity index (χ0n) is 12.5. The summed E-state index contributed by atoms with van der Waals surface area (Å²) in [4.78, 5) is 12.3. The van der Waals surface area contributed by atoms with Crippen molar-refractivity contribution < 1.29 is 4.79 Å². The van der Waals surface area contributed by atoms with Gasteiger partial charge in [-0.05, 0) is 35.6 Å². The molecule has 112 valence electrons. The molecule has 1 aromatic heterocycles. The zero-order chi connectivity index (χ0) is 14.7. The maximum absolute atomic E-state index is 12.3. The third kappa shape index (κ3) is 3.50. The number of hydrogen-bond donors (Lipinski definition) is 1. The van der Waals surface area contributed by atoms with Gasteiger partial charge in [-0.15, -0.1) is 5.10 Å². The molecule has 0 aromatic carbocycles. The maximum atomic E-state index is 12.3. The van der Waals surface area contributed by atoms with Gasteiger partial charge < -0.3 is 5.32 Å². The SMILES string of the molecule is C[C@@H]1[C@H](C)CCC[C@H]1NC(=O)[C@@H](C)Sc1nnnn1C. The Morgan fingerprint density at radius 3 is 2.85 bits per heavy atom. The summed E-state index contributed by atoms with van der Waals surface area (Å²) in [7, 11) is 1.78. The zero-order valence-corrected chi connectivity index (χ0v) is 13.4. The van der Waals surface area contributed by atoms with E-state index in [4.69, 9.17) is 0 Å². The molecule has 1 N–H and O–H groups in total. The normalized spacial score (nSPS) is 28.1. The number of amides is 1. The highest BCUT2D eigenvalue weighted by atomic mass is 32.2. The Balaban J connectivity index is 1.89. The number of tetrazole rings is 1. The minimum absolute atomic E-state index is 0.0731. The van der Waals surface area contributed by atoms with Crippen molar-refractivity contribution in [1.29, 1.82) is 0 Å². The predicted octanol–water partition coefficient (Wildman–Crippen LogP) is 1.63. The van der Waals surface area contributed by atoms with Crippen LogP contribution in [-0.2, 0) is 11.8 Å². The highest BCUT2D eigenvalue weighted by molar-refractivity contribution is 8.00. The fraction of sp³-hybridized carbons (Fsp3) is 0.846. The largest absolute Gasteiger partial charge is 0.352 e. The number of carbonyl (C=O) groups is 1. The topological polar surface area (TPSA) is 72.7 Å². The molecule has 1 amide bonds. The van der Waals surface area contributed by atoms with Crippen LogP contribution in [0, 0.1) is 11.8 Å². The molecule has 0 saturated heterocycles. The fourth-order valence-corrected chi connectivity index (χ4v) is 3.38. The Morgan fingerprint density at radius 1 is 1.45 bits per heavy atom. The van der Waals surface area contributed by atoms with Crippen molar-refractivity contribution in [3.8, 4) is 0 Å². The molecule has 1 aliphatic carbocycles. The molecular formula is C13H23N5OS. The maximum Gasteiger partial charge on any atom is 0.233 e. The number of carbonyl (C=O) groups excluding carboxylic acids is 1. The van der Waals surface area contributed by atoms with Crippen molar-refractivity contribution in [2.24, 2.45) is 18.9 Å². The molecule has 1 aromatic rings. The number of aryl methyl sites for hydroxylation is 1. The van der Waals surface area contributed by atoms with E-state index in [0.717, 1.165) is 6.42 Å². The van der Waals surface area contributed by atoms with Crippen LogP contribution in [0.15, 0.2) is 5.16 Å². The summed E-state index contributed by atoms with van der Waals surface area (Å²) in [6.07, 6.45) is 3.55. The second-order valence-electron chi connectivity index (χ2n) is 5.73. The highest BCUT2D eigenvalue weighted by Crippen LogP contribution is 2.30. The van der Waals surface area contributed by atoms with Crippen LogP contribution in [0.3, 0.4) is 0 Å². The lowest BCUT2D eigenvalue weighted by Gasteiger charge is -2.35. The van der Waals surface area contributed by atoms with E-state index in [1.165, 1.54) is 24.6 Å². The van der Waals surface area contributed by atoms with Crippen molar-refractivity contribution in [1.82, 2.24) is 25.5 Å². The second kappa shape index (κ2) is 6.56. The van der Waals surface area contributed by atoms with E-state index in [1.54, 1.807) is 11.7 Å². The summed E-state index contributed by atoms with van der Waals surface area (Å²) >= 11 is 1.39. The Bertz CT molecular complexity index is 463. The summed E-state index contributed by atoms with van der Waals surface area (Å²) in [5, 5.41) is 14.9. The van der Waals surface area contributed by atoms with E-state index in [0.29, 0.717) is 23.0 Å². The van der Waals surface area contributed by atoms with Crippen LogP contribution in [-0.4, -0.2) is 37.4 Å². The smallest absolute Gasteiger partial charge is 0.233 e. The summed E-state index contributed by atoms with van der Waals surface area (Å²) in [6.45, 7) is 6.40. The van der Waals surface area contributed by atoms with Crippen LogP contribution in [0.4, 0.5) is 0 Å². The fourth-order valence-electron chi connectivity index (χ4n) is 2.62. The van der Waals surface area contributed by atoms with Gasteiger partial charge in [0.2, 0.25) is 11.1 Å². The first-order valence-corrected chi connectivity index (χ1v) is 8.06. The molecule has 6 nitrogen and oxygen atoms in total. The standard InChI is InChI=1S/C13H23N5OS/c1-8-6-5-7-11(9(8)2)14-12(19)10(3)20-13-15-16-17-18(13)4/h8-11H,5-7H2,1-4H3,(H,14,19)/t8-,9-,10-,11-/m1/s1. The monoisotopic (exact) mass is 297 g/mol. The van der Waals surface area contributed by atoms with E-state index >= 15 is 0 Å². The van der Waals surface area contributed by atoms with Gasteiger partial charge in [0.15, 0.2) is 0 Å². The van der Waals surface area contributed by atoms with Crippen LogP contribution >= 0.6 is 11.8 Å². The van der Waals surface area contributed by atoms with Crippen molar-refractivity contribution in [2.75, 3.05) is 0 Å². The predicted molar refractivity (Wildman–Crippen MR) is 78.2 cm³/mol. The van der Waals surface area contributed by atoms with Crippen molar-refractivity contribution in [3.63, 3.8) is 0 Å². The molecule has 20 heavy (non-hydrogen) atoms. The Labute approximate surface area is 124 Å². The summed E-state index contributed by atoms with van der Waals surface area (Å²) in [6, 6.07) is 0.298. The van der Waals surface area contributed by atoms with Crippen molar-refractivity contribution in [2.45, 2.75) is 56.5 Å². The first kappa shape index (κ1) is 15.3. The minimum Gasteiger partial charge on any atom is -0.352 e. The Morgan fingerprint density at radius 2 is 2.20 bits per heavy atom. The van der Waals surface area contributed by atoms with Crippen molar-refractivity contribution >= 4 is 17.7 Å². The molecule has 7 heteroatoms.